The van der Waals surface area contributed by atoms with E-state index in [4.69, 9.17) is 0 Å². The predicted molar refractivity (Wildman–Crippen MR) is 77.9 cm³/mol. The lowest BCUT2D eigenvalue weighted by molar-refractivity contribution is -0.386. The lowest BCUT2D eigenvalue weighted by Gasteiger charge is -2.02. The zero-order valence-electron chi connectivity index (χ0n) is 11.1. The fourth-order valence-electron chi connectivity index (χ4n) is 1.80. The maximum atomic E-state index is 11.9. The molecule has 0 atom stereocenters. The Hall–Kier alpha value is -3.35. The molecule has 0 aliphatic carbocycles. The van der Waals surface area contributed by atoms with Crippen LogP contribution in [0.3, 0.4) is 0 Å². The first-order chi connectivity index (χ1) is 10.4. The van der Waals surface area contributed by atoms with E-state index in [-0.39, 0.29) is 16.9 Å². The highest BCUT2D eigenvalue weighted by atomic mass is 16.6. The smallest absolute Gasteiger partial charge is 0.315 e. The second-order valence-electron chi connectivity index (χ2n) is 4.38. The highest BCUT2D eigenvalue weighted by molar-refractivity contribution is 6.08. The number of carbonyl (C=O) groups excluding carboxylic acids is 1. The van der Waals surface area contributed by atoms with Crippen LogP contribution in [0.4, 0.5) is 5.69 Å². The largest absolute Gasteiger partial charge is 0.507 e. The number of allylic oxidation sites excluding steroid dienone is 1. The first kappa shape index (κ1) is 15.0. The molecule has 112 valence electrons. The van der Waals surface area contributed by atoms with Crippen molar-refractivity contribution >= 4 is 17.5 Å². The molecule has 22 heavy (non-hydrogen) atoms. The number of phenols is 3. The summed E-state index contributed by atoms with van der Waals surface area (Å²) in [7, 11) is 0. The van der Waals surface area contributed by atoms with Crippen LogP contribution < -0.4 is 0 Å². The molecule has 7 nitrogen and oxygen atoms in total. The van der Waals surface area contributed by atoms with Gasteiger partial charge in [-0.05, 0) is 29.8 Å². The molecule has 0 fully saturated rings. The second-order valence-corrected chi connectivity index (χ2v) is 4.38. The van der Waals surface area contributed by atoms with E-state index >= 15 is 0 Å². The Morgan fingerprint density at radius 3 is 2.41 bits per heavy atom. The maximum Gasteiger partial charge on any atom is 0.315 e. The first-order valence-corrected chi connectivity index (χ1v) is 6.11. The number of nitrogens with zero attached hydrogens (tertiary/aromatic N) is 1. The van der Waals surface area contributed by atoms with Gasteiger partial charge in [-0.2, -0.15) is 0 Å². The molecule has 3 N–H and O–H groups in total. The number of phenolic OH excluding ortho intramolecular Hbond substituents is 3. The number of carbonyl (C=O) groups is 1. The van der Waals surface area contributed by atoms with Gasteiger partial charge < -0.3 is 15.3 Å². The average molecular weight is 301 g/mol. The van der Waals surface area contributed by atoms with Crippen LogP contribution in [-0.4, -0.2) is 26.0 Å². The second kappa shape index (κ2) is 5.96. The lowest BCUT2D eigenvalue weighted by Crippen LogP contribution is -1.94. The van der Waals surface area contributed by atoms with E-state index in [0.29, 0.717) is 0 Å². The van der Waals surface area contributed by atoms with Crippen molar-refractivity contribution < 1.29 is 25.0 Å². The minimum atomic E-state index is -0.850. The molecule has 0 heterocycles. The van der Waals surface area contributed by atoms with Crippen molar-refractivity contribution in [1.29, 1.82) is 0 Å². The van der Waals surface area contributed by atoms with Crippen molar-refractivity contribution in [2.24, 2.45) is 0 Å². The molecular weight excluding hydrogens is 290 g/mol. The third-order valence-electron chi connectivity index (χ3n) is 2.89. The van der Waals surface area contributed by atoms with Crippen LogP contribution in [0.15, 0.2) is 42.5 Å². The number of ketones is 1. The minimum absolute atomic E-state index is 0.0799. The van der Waals surface area contributed by atoms with E-state index < -0.39 is 27.9 Å². The number of rotatable bonds is 4. The molecular formula is C15H11NO6. The topological polar surface area (TPSA) is 121 Å². The number of nitro benzene ring substituents is 1. The van der Waals surface area contributed by atoms with Gasteiger partial charge in [-0.25, -0.2) is 0 Å². The molecule has 2 aromatic rings. The van der Waals surface area contributed by atoms with Crippen LogP contribution >= 0.6 is 0 Å². The number of aromatic hydroxyl groups is 3. The van der Waals surface area contributed by atoms with Gasteiger partial charge in [0.25, 0.3) is 0 Å². The molecule has 2 aromatic carbocycles. The van der Waals surface area contributed by atoms with Gasteiger partial charge in [-0.15, -0.1) is 0 Å². The van der Waals surface area contributed by atoms with Gasteiger partial charge in [-0.3, -0.25) is 14.9 Å². The van der Waals surface area contributed by atoms with Crippen LogP contribution in [0.2, 0.25) is 0 Å². The first-order valence-electron chi connectivity index (χ1n) is 6.11. The molecule has 0 bridgehead atoms. The van der Waals surface area contributed by atoms with Crippen molar-refractivity contribution in [2.75, 3.05) is 0 Å². The van der Waals surface area contributed by atoms with E-state index in [1.165, 1.54) is 18.2 Å². The molecule has 0 aliphatic heterocycles. The molecule has 0 amide bonds. The van der Waals surface area contributed by atoms with E-state index in [2.05, 4.69) is 0 Å². The van der Waals surface area contributed by atoms with Crippen LogP contribution in [0, 0.1) is 10.1 Å². The summed E-state index contributed by atoms with van der Waals surface area (Å²) >= 11 is 0. The summed E-state index contributed by atoms with van der Waals surface area (Å²) in [5.41, 5.74) is -0.434. The van der Waals surface area contributed by atoms with Gasteiger partial charge in [-0.1, -0.05) is 18.2 Å². The Labute approximate surface area is 124 Å². The summed E-state index contributed by atoms with van der Waals surface area (Å²) in [6.07, 6.45) is 2.34. The third-order valence-corrected chi connectivity index (χ3v) is 2.89. The van der Waals surface area contributed by atoms with Gasteiger partial charge in [0, 0.05) is 6.07 Å². The predicted octanol–water partition coefficient (Wildman–Crippen LogP) is 2.61. The summed E-state index contributed by atoms with van der Waals surface area (Å²) in [6, 6.07) is 8.03. The van der Waals surface area contributed by atoms with Crippen molar-refractivity contribution in [3.05, 3.63) is 63.7 Å². The average Bonchev–Trinajstić information content (AvgIpc) is 2.48. The Morgan fingerprint density at radius 2 is 1.77 bits per heavy atom. The van der Waals surface area contributed by atoms with E-state index in [0.717, 1.165) is 18.2 Å². The summed E-state index contributed by atoms with van der Waals surface area (Å²) in [4.78, 5) is 21.8. The monoisotopic (exact) mass is 301 g/mol. The van der Waals surface area contributed by atoms with E-state index in [1.807, 2.05) is 0 Å². The number of hydrogen-bond donors (Lipinski definition) is 3. The molecule has 0 spiro atoms. The zero-order valence-corrected chi connectivity index (χ0v) is 11.1. The SMILES string of the molecule is O=C(/C=C/c1cc(O)c(O)c([N+](=O)[O-])c1)c1ccccc1O. The highest BCUT2D eigenvalue weighted by Gasteiger charge is 2.18. The Balaban J connectivity index is 2.33. The molecule has 0 saturated heterocycles. The summed E-state index contributed by atoms with van der Waals surface area (Å²) in [5, 5.41) is 39.1. The fourth-order valence-corrected chi connectivity index (χ4v) is 1.80. The van der Waals surface area contributed by atoms with Crippen LogP contribution in [0.1, 0.15) is 15.9 Å². The Kier molecular flexibility index (Phi) is 4.08. The van der Waals surface area contributed by atoms with Crippen LogP contribution in [0.5, 0.6) is 17.2 Å². The van der Waals surface area contributed by atoms with Crippen molar-refractivity contribution in [3.63, 3.8) is 0 Å². The third kappa shape index (κ3) is 3.04. The summed E-state index contributed by atoms with van der Waals surface area (Å²) < 4.78 is 0. The van der Waals surface area contributed by atoms with Crippen LogP contribution in [-0.2, 0) is 0 Å². The number of benzene rings is 2. The van der Waals surface area contributed by atoms with Gasteiger partial charge in [0.15, 0.2) is 11.5 Å². The number of nitro groups is 1. The summed E-state index contributed by atoms with van der Waals surface area (Å²) in [6.45, 7) is 0. The molecule has 0 aliphatic rings. The number of hydrogen-bond acceptors (Lipinski definition) is 6. The molecule has 7 heteroatoms. The quantitative estimate of drug-likeness (QED) is 0.262. The van der Waals surface area contributed by atoms with E-state index in [9.17, 15) is 30.2 Å². The molecule has 2 rings (SSSR count). The highest BCUT2D eigenvalue weighted by Crippen LogP contribution is 2.36. The maximum absolute atomic E-state index is 11.9. The fraction of sp³-hybridized carbons (Fsp3) is 0. The normalized spacial score (nSPS) is 10.7. The minimum Gasteiger partial charge on any atom is -0.507 e. The Morgan fingerprint density at radius 1 is 1.09 bits per heavy atom. The van der Waals surface area contributed by atoms with Crippen molar-refractivity contribution in [3.8, 4) is 17.2 Å². The zero-order chi connectivity index (χ0) is 16.3. The van der Waals surface area contributed by atoms with E-state index in [1.54, 1.807) is 12.1 Å². The van der Waals surface area contributed by atoms with Gasteiger partial charge >= 0.3 is 5.69 Å². The Bertz CT molecular complexity index is 782. The van der Waals surface area contributed by atoms with Gasteiger partial charge in [0.1, 0.15) is 5.75 Å². The number of para-hydroxylation sites is 1. The van der Waals surface area contributed by atoms with Crippen molar-refractivity contribution in [1.82, 2.24) is 0 Å². The van der Waals surface area contributed by atoms with Crippen LogP contribution in [0.25, 0.3) is 6.08 Å². The van der Waals surface area contributed by atoms with Gasteiger partial charge in [0.05, 0.1) is 10.5 Å². The standard InChI is InChI=1S/C15H11NO6/c17-12-4-2-1-3-10(12)13(18)6-5-9-7-11(16(21)22)15(20)14(19)8-9/h1-8,17,19-20H/b6-5+. The molecule has 0 saturated carbocycles. The lowest BCUT2D eigenvalue weighted by atomic mass is 10.1. The summed E-state index contributed by atoms with van der Waals surface area (Å²) in [5.74, 6) is -2.19. The van der Waals surface area contributed by atoms with Crippen molar-refractivity contribution in [2.45, 2.75) is 0 Å². The molecule has 0 aromatic heterocycles. The molecule has 0 unspecified atom stereocenters. The molecule has 0 radical (unpaired) electrons. The van der Waals surface area contributed by atoms with Gasteiger partial charge in [0.2, 0.25) is 5.75 Å².